The van der Waals surface area contributed by atoms with Gasteiger partial charge in [-0.15, -0.1) is 0 Å². The lowest BCUT2D eigenvalue weighted by atomic mass is 10.0. The van der Waals surface area contributed by atoms with Gasteiger partial charge in [-0.2, -0.15) is 13.2 Å². The van der Waals surface area contributed by atoms with Crippen LogP contribution in [0, 0.1) is 0 Å². The van der Waals surface area contributed by atoms with E-state index in [1.807, 2.05) is 25.7 Å². The van der Waals surface area contributed by atoms with Crippen LogP contribution in [0.2, 0.25) is 0 Å². The summed E-state index contributed by atoms with van der Waals surface area (Å²) in [6.07, 6.45) is -1.52. The molecule has 1 aliphatic rings. The fourth-order valence-corrected chi connectivity index (χ4v) is 3.00. The second-order valence-electron chi connectivity index (χ2n) is 7.33. The van der Waals surface area contributed by atoms with Gasteiger partial charge in [0.2, 0.25) is 5.91 Å². The third-order valence-electron chi connectivity index (χ3n) is 4.63. The molecule has 27 heavy (non-hydrogen) atoms. The minimum Gasteiger partial charge on any atom is -0.379 e. The Morgan fingerprint density at radius 2 is 2.00 bits per heavy atom. The number of nitrogens with one attached hydrogen (secondary N) is 1. The second kappa shape index (κ2) is 9.55. The highest BCUT2D eigenvalue weighted by molar-refractivity contribution is 5.78. The number of rotatable bonds is 10. The molecule has 2 rings (SSSR count). The van der Waals surface area contributed by atoms with Crippen molar-refractivity contribution in [2.45, 2.75) is 64.4 Å². The molecule has 1 aliphatic carbocycles. The highest BCUT2D eigenvalue weighted by atomic mass is 19.4. The average molecular weight is 386 g/mol. The molecule has 1 amide bonds. The van der Waals surface area contributed by atoms with E-state index in [4.69, 9.17) is 4.74 Å². The third-order valence-corrected chi connectivity index (χ3v) is 4.63. The van der Waals surface area contributed by atoms with E-state index in [1.54, 1.807) is 6.07 Å². The Hall–Kier alpha value is -1.60. The minimum absolute atomic E-state index is 0.106. The van der Waals surface area contributed by atoms with Crippen LogP contribution in [0.25, 0.3) is 0 Å². The summed E-state index contributed by atoms with van der Waals surface area (Å²) in [6, 6.07) is 5.37. The number of alkyl halides is 3. The molecule has 1 atom stereocenters. The number of benzene rings is 1. The highest BCUT2D eigenvalue weighted by Crippen LogP contribution is 2.36. The maximum Gasteiger partial charge on any atom is 0.416 e. The van der Waals surface area contributed by atoms with E-state index in [2.05, 4.69) is 5.32 Å². The lowest BCUT2D eigenvalue weighted by Crippen LogP contribution is -2.40. The summed E-state index contributed by atoms with van der Waals surface area (Å²) in [5.74, 6) is -0.106. The van der Waals surface area contributed by atoms with Gasteiger partial charge < -0.3 is 10.1 Å². The number of hydrogen-bond donors (Lipinski definition) is 1. The molecule has 0 radical (unpaired) electrons. The summed E-state index contributed by atoms with van der Waals surface area (Å²) >= 11 is 0. The average Bonchev–Trinajstić information content (AvgIpc) is 3.43. The van der Waals surface area contributed by atoms with Crippen LogP contribution < -0.4 is 5.32 Å². The van der Waals surface area contributed by atoms with E-state index in [9.17, 15) is 18.0 Å². The van der Waals surface area contributed by atoms with Crippen molar-refractivity contribution in [3.8, 4) is 0 Å². The van der Waals surface area contributed by atoms with Crippen LogP contribution in [0.15, 0.2) is 24.3 Å². The Kier molecular flexibility index (Phi) is 7.68. The van der Waals surface area contributed by atoms with E-state index in [0.29, 0.717) is 18.7 Å². The number of amides is 1. The number of carbonyl (C=O) groups is 1. The molecule has 1 unspecified atom stereocenters. The standard InChI is InChI=1S/C20H29F3N2O2/c1-14(2)27-11-5-10-24-19(26)13-25(18-8-9-18)15(3)16-6-4-7-17(12-16)20(21,22)23/h4,6-7,12,14-15,18H,5,8-11,13H2,1-3H3,(H,24,26). The van der Waals surface area contributed by atoms with Crippen LogP contribution in [-0.2, 0) is 15.7 Å². The predicted octanol–water partition coefficient (Wildman–Crippen LogP) is 4.16. The number of nitrogens with zero attached hydrogens (tertiary/aromatic N) is 1. The Morgan fingerprint density at radius 3 is 2.59 bits per heavy atom. The zero-order valence-electron chi connectivity index (χ0n) is 16.2. The first-order valence-corrected chi connectivity index (χ1v) is 9.49. The maximum atomic E-state index is 13.0. The summed E-state index contributed by atoms with van der Waals surface area (Å²) in [4.78, 5) is 14.3. The molecule has 4 nitrogen and oxygen atoms in total. The molecule has 0 heterocycles. The van der Waals surface area contributed by atoms with E-state index in [-0.39, 0.29) is 30.6 Å². The van der Waals surface area contributed by atoms with E-state index < -0.39 is 11.7 Å². The predicted molar refractivity (Wildman–Crippen MR) is 98.3 cm³/mol. The molecule has 1 N–H and O–H groups in total. The van der Waals surface area contributed by atoms with E-state index in [0.717, 1.165) is 25.3 Å². The van der Waals surface area contributed by atoms with Crippen LogP contribution in [0.4, 0.5) is 13.2 Å². The van der Waals surface area contributed by atoms with Crippen LogP contribution in [0.3, 0.4) is 0 Å². The first-order chi connectivity index (χ1) is 12.7. The number of carbonyl (C=O) groups excluding carboxylic acids is 1. The van der Waals surface area contributed by atoms with Gasteiger partial charge in [-0.1, -0.05) is 12.1 Å². The molecule has 0 saturated heterocycles. The quantitative estimate of drug-likeness (QED) is 0.614. The molecule has 7 heteroatoms. The number of hydrogen-bond acceptors (Lipinski definition) is 3. The topological polar surface area (TPSA) is 41.6 Å². The first kappa shape index (κ1) is 21.7. The largest absolute Gasteiger partial charge is 0.416 e. The van der Waals surface area contributed by atoms with Gasteiger partial charge in [-0.05, 0) is 57.7 Å². The van der Waals surface area contributed by atoms with Crippen molar-refractivity contribution in [1.29, 1.82) is 0 Å². The van der Waals surface area contributed by atoms with Crippen molar-refractivity contribution < 1.29 is 22.7 Å². The lowest BCUT2D eigenvalue weighted by Gasteiger charge is -2.29. The summed E-state index contributed by atoms with van der Waals surface area (Å²) in [7, 11) is 0. The lowest BCUT2D eigenvalue weighted by molar-refractivity contribution is -0.137. The molecule has 1 fully saturated rings. The van der Waals surface area contributed by atoms with Gasteiger partial charge in [-0.3, -0.25) is 9.69 Å². The van der Waals surface area contributed by atoms with Crippen molar-refractivity contribution >= 4 is 5.91 Å². The van der Waals surface area contributed by atoms with Crippen molar-refractivity contribution in [2.75, 3.05) is 19.7 Å². The minimum atomic E-state index is -4.37. The van der Waals surface area contributed by atoms with Gasteiger partial charge in [0.25, 0.3) is 0 Å². The molecule has 0 aromatic heterocycles. The molecule has 0 aliphatic heterocycles. The molecular weight excluding hydrogens is 357 g/mol. The third kappa shape index (κ3) is 7.14. The van der Waals surface area contributed by atoms with E-state index in [1.165, 1.54) is 12.1 Å². The zero-order valence-corrected chi connectivity index (χ0v) is 16.2. The molecule has 1 aromatic carbocycles. The van der Waals surface area contributed by atoms with Crippen LogP contribution in [0.1, 0.15) is 57.2 Å². The molecular formula is C20H29F3N2O2. The molecule has 0 spiro atoms. The van der Waals surface area contributed by atoms with Gasteiger partial charge in [0.05, 0.1) is 18.2 Å². The molecule has 1 aromatic rings. The van der Waals surface area contributed by atoms with Crippen molar-refractivity contribution in [3.05, 3.63) is 35.4 Å². The SMILES string of the molecule is CC(C)OCCCNC(=O)CN(C1CC1)C(C)c1cccc(C(F)(F)F)c1. The van der Waals surface area contributed by atoms with Crippen molar-refractivity contribution in [2.24, 2.45) is 0 Å². The van der Waals surface area contributed by atoms with E-state index >= 15 is 0 Å². The van der Waals surface area contributed by atoms with Gasteiger partial charge >= 0.3 is 6.18 Å². The summed E-state index contributed by atoms with van der Waals surface area (Å²) < 4.78 is 44.4. The Bertz CT molecular complexity index is 615. The van der Waals surface area contributed by atoms with Crippen molar-refractivity contribution in [3.63, 3.8) is 0 Å². The van der Waals surface area contributed by atoms with Crippen LogP contribution in [-0.4, -0.2) is 42.6 Å². The molecule has 152 valence electrons. The van der Waals surface area contributed by atoms with Crippen LogP contribution >= 0.6 is 0 Å². The second-order valence-corrected chi connectivity index (χ2v) is 7.33. The van der Waals surface area contributed by atoms with Gasteiger partial charge in [-0.25, -0.2) is 0 Å². The van der Waals surface area contributed by atoms with Gasteiger partial charge in [0.1, 0.15) is 0 Å². The molecule has 1 saturated carbocycles. The summed E-state index contributed by atoms with van der Waals surface area (Å²) in [6.45, 7) is 7.08. The highest BCUT2D eigenvalue weighted by Gasteiger charge is 2.35. The van der Waals surface area contributed by atoms with Gasteiger partial charge in [0, 0.05) is 25.2 Å². The Balaban J connectivity index is 1.92. The first-order valence-electron chi connectivity index (χ1n) is 9.49. The number of ether oxygens (including phenoxy) is 1. The van der Waals surface area contributed by atoms with Crippen LogP contribution in [0.5, 0.6) is 0 Å². The fourth-order valence-electron chi connectivity index (χ4n) is 3.00. The number of halogens is 3. The Labute approximate surface area is 159 Å². The summed E-state index contributed by atoms with van der Waals surface area (Å²) in [5, 5.41) is 2.87. The zero-order chi connectivity index (χ0) is 20.0. The normalized spacial score (nSPS) is 16.0. The Morgan fingerprint density at radius 1 is 1.30 bits per heavy atom. The van der Waals surface area contributed by atoms with Crippen molar-refractivity contribution in [1.82, 2.24) is 10.2 Å². The smallest absolute Gasteiger partial charge is 0.379 e. The summed E-state index contributed by atoms with van der Waals surface area (Å²) in [5.41, 5.74) is -0.0768. The maximum absolute atomic E-state index is 13.0. The van der Waals surface area contributed by atoms with Gasteiger partial charge in [0.15, 0.2) is 0 Å². The fraction of sp³-hybridized carbons (Fsp3) is 0.650. The monoisotopic (exact) mass is 386 g/mol. The molecule has 0 bridgehead atoms.